The van der Waals surface area contributed by atoms with Crippen molar-refractivity contribution in [3.05, 3.63) is 0 Å². The number of primary amides is 1. The summed E-state index contributed by atoms with van der Waals surface area (Å²) in [6.07, 6.45) is 0. The number of carbonyl (C=O) groups excluding carboxylic acids is 2. The average Bonchev–Trinajstić information content (AvgIpc) is 1.98. The summed E-state index contributed by atoms with van der Waals surface area (Å²) in [5, 5.41) is 2.25. The topological polar surface area (TPSA) is 98.2 Å². The van der Waals surface area contributed by atoms with Gasteiger partial charge in [0.1, 0.15) is 0 Å². The van der Waals surface area contributed by atoms with Crippen LogP contribution in [0, 0.1) is 0 Å². The molecule has 2 amide bonds. The first kappa shape index (κ1) is 10.2. The maximum atomic E-state index is 10.8. The molecule has 1 atom stereocenters. The van der Waals surface area contributed by atoms with E-state index in [2.05, 4.69) is 17.9 Å². The second-order valence-electron chi connectivity index (χ2n) is 1.97. The molecule has 0 radical (unpaired) electrons. The van der Waals surface area contributed by atoms with E-state index in [1.807, 2.05) is 0 Å². The van der Waals surface area contributed by atoms with Crippen LogP contribution < -0.4 is 16.8 Å². The van der Waals surface area contributed by atoms with Crippen LogP contribution in [0.5, 0.6) is 0 Å². The van der Waals surface area contributed by atoms with Crippen molar-refractivity contribution in [1.82, 2.24) is 5.32 Å². The number of nitrogens with one attached hydrogen (secondary N) is 1. The van der Waals surface area contributed by atoms with Crippen molar-refractivity contribution in [3.63, 3.8) is 0 Å². The second kappa shape index (κ2) is 4.97. The highest BCUT2D eigenvalue weighted by atomic mass is 32.1. The maximum absolute atomic E-state index is 10.8. The maximum Gasteiger partial charge on any atom is 0.238 e. The standard InChI is InChI=1S/C5H11N3O2S/c6-3(2-11)5(10)8-1-4(7)9/h3,11H,1-2,6H2,(H2,7,9)(H,8,10)/t3-/m0/s1. The Hall–Kier alpha value is -0.750. The zero-order valence-electron chi connectivity index (χ0n) is 5.91. The molecule has 64 valence electrons. The monoisotopic (exact) mass is 177 g/mol. The fraction of sp³-hybridized carbons (Fsp3) is 0.600. The molecule has 5 nitrogen and oxygen atoms in total. The molecule has 0 fully saturated rings. The Morgan fingerprint density at radius 3 is 2.45 bits per heavy atom. The van der Waals surface area contributed by atoms with Gasteiger partial charge in [-0.1, -0.05) is 0 Å². The Bertz CT molecular complexity index is 162. The molecule has 0 bridgehead atoms. The predicted octanol–water partition coefficient (Wildman–Crippen LogP) is -2.15. The van der Waals surface area contributed by atoms with Gasteiger partial charge in [-0.05, 0) is 0 Å². The Kier molecular flexibility index (Phi) is 4.64. The zero-order valence-corrected chi connectivity index (χ0v) is 6.80. The quantitative estimate of drug-likeness (QED) is 0.368. The van der Waals surface area contributed by atoms with Crippen LogP contribution in [-0.4, -0.2) is 30.2 Å². The van der Waals surface area contributed by atoms with Crippen LogP contribution in [0.1, 0.15) is 0 Å². The molecule has 6 heteroatoms. The molecule has 0 aromatic heterocycles. The summed E-state index contributed by atoms with van der Waals surface area (Å²) in [6.45, 7) is -0.180. The van der Waals surface area contributed by atoms with E-state index in [1.54, 1.807) is 0 Å². The lowest BCUT2D eigenvalue weighted by Crippen LogP contribution is -2.44. The molecule has 0 aromatic carbocycles. The van der Waals surface area contributed by atoms with Crippen molar-refractivity contribution in [2.75, 3.05) is 12.3 Å². The highest BCUT2D eigenvalue weighted by Gasteiger charge is 2.10. The molecule has 0 aliphatic heterocycles. The van der Waals surface area contributed by atoms with Crippen LogP contribution in [0.25, 0.3) is 0 Å². The molecule has 0 aliphatic carbocycles. The normalized spacial score (nSPS) is 12.2. The molecular weight excluding hydrogens is 166 g/mol. The summed E-state index contributed by atoms with van der Waals surface area (Å²) in [5.74, 6) is -0.770. The third-order valence-electron chi connectivity index (χ3n) is 0.970. The lowest BCUT2D eigenvalue weighted by atomic mass is 10.3. The molecule has 5 N–H and O–H groups in total. The number of hydrogen-bond acceptors (Lipinski definition) is 4. The summed E-state index contributed by atoms with van der Waals surface area (Å²) in [4.78, 5) is 20.9. The highest BCUT2D eigenvalue weighted by molar-refractivity contribution is 7.80. The van der Waals surface area contributed by atoms with E-state index in [4.69, 9.17) is 11.5 Å². The van der Waals surface area contributed by atoms with Crippen molar-refractivity contribution in [3.8, 4) is 0 Å². The van der Waals surface area contributed by atoms with Crippen LogP contribution in [0.15, 0.2) is 0 Å². The molecule has 0 rings (SSSR count). The van der Waals surface area contributed by atoms with Crippen molar-refractivity contribution >= 4 is 24.4 Å². The highest BCUT2D eigenvalue weighted by Crippen LogP contribution is 1.81. The summed E-state index contributed by atoms with van der Waals surface area (Å²) < 4.78 is 0. The summed E-state index contributed by atoms with van der Waals surface area (Å²) >= 11 is 3.80. The number of nitrogens with two attached hydrogens (primary N) is 2. The summed E-state index contributed by atoms with van der Waals surface area (Å²) in [7, 11) is 0. The van der Waals surface area contributed by atoms with E-state index in [-0.39, 0.29) is 12.3 Å². The van der Waals surface area contributed by atoms with Gasteiger partial charge in [0.05, 0.1) is 12.6 Å². The van der Waals surface area contributed by atoms with Gasteiger partial charge >= 0.3 is 0 Å². The molecule has 0 saturated carbocycles. The van der Waals surface area contributed by atoms with Gasteiger partial charge in [-0.15, -0.1) is 0 Å². The Balaban J connectivity index is 3.60. The van der Waals surface area contributed by atoms with Crippen LogP contribution in [-0.2, 0) is 9.59 Å². The fourth-order valence-corrected chi connectivity index (χ4v) is 0.554. The number of rotatable bonds is 4. The second-order valence-corrected chi connectivity index (χ2v) is 2.34. The number of carbonyl (C=O) groups is 2. The molecule has 0 spiro atoms. The molecule has 0 aromatic rings. The Labute approximate surface area is 69.9 Å². The van der Waals surface area contributed by atoms with Crippen molar-refractivity contribution in [2.45, 2.75) is 6.04 Å². The van der Waals surface area contributed by atoms with E-state index in [0.29, 0.717) is 0 Å². The van der Waals surface area contributed by atoms with Crippen molar-refractivity contribution < 1.29 is 9.59 Å². The molecular formula is C5H11N3O2S. The van der Waals surface area contributed by atoms with E-state index in [9.17, 15) is 9.59 Å². The van der Waals surface area contributed by atoms with Crippen LogP contribution in [0.2, 0.25) is 0 Å². The van der Waals surface area contributed by atoms with E-state index in [1.165, 1.54) is 0 Å². The smallest absolute Gasteiger partial charge is 0.238 e. The summed E-state index contributed by atoms with van der Waals surface area (Å²) in [6, 6.07) is -0.683. The molecule has 0 saturated heterocycles. The van der Waals surface area contributed by atoms with Gasteiger partial charge in [-0.3, -0.25) is 9.59 Å². The first-order chi connectivity index (χ1) is 5.07. The minimum absolute atomic E-state index is 0.180. The van der Waals surface area contributed by atoms with Crippen LogP contribution in [0.4, 0.5) is 0 Å². The molecule has 0 aliphatic rings. The third-order valence-corrected chi connectivity index (χ3v) is 1.36. The number of hydrogen-bond donors (Lipinski definition) is 4. The predicted molar refractivity (Wildman–Crippen MR) is 44.0 cm³/mol. The number of thiol groups is 1. The third kappa shape index (κ3) is 4.63. The van der Waals surface area contributed by atoms with Gasteiger partial charge in [0.25, 0.3) is 0 Å². The minimum Gasteiger partial charge on any atom is -0.368 e. The number of amides is 2. The summed E-state index contributed by atoms with van der Waals surface area (Å²) in [5.41, 5.74) is 10.0. The average molecular weight is 177 g/mol. The van der Waals surface area contributed by atoms with Crippen LogP contribution >= 0.6 is 12.6 Å². The Morgan fingerprint density at radius 2 is 2.09 bits per heavy atom. The van der Waals surface area contributed by atoms with Gasteiger partial charge in [0, 0.05) is 5.75 Å². The molecule has 0 unspecified atom stereocenters. The van der Waals surface area contributed by atoms with Crippen molar-refractivity contribution in [1.29, 1.82) is 0 Å². The zero-order chi connectivity index (χ0) is 8.85. The first-order valence-electron chi connectivity index (χ1n) is 3.00. The minimum atomic E-state index is -0.683. The lowest BCUT2D eigenvalue weighted by molar-refractivity contribution is -0.125. The first-order valence-corrected chi connectivity index (χ1v) is 3.63. The van der Waals surface area contributed by atoms with Crippen LogP contribution in [0.3, 0.4) is 0 Å². The Morgan fingerprint density at radius 1 is 1.55 bits per heavy atom. The molecule has 0 heterocycles. The fourth-order valence-electron chi connectivity index (χ4n) is 0.388. The SMILES string of the molecule is NC(=O)CNC(=O)[C@@H](N)CS. The van der Waals surface area contributed by atoms with Gasteiger partial charge in [-0.25, -0.2) is 0 Å². The van der Waals surface area contributed by atoms with E-state index >= 15 is 0 Å². The van der Waals surface area contributed by atoms with Gasteiger partial charge in [0.2, 0.25) is 11.8 Å². The van der Waals surface area contributed by atoms with E-state index < -0.39 is 17.9 Å². The lowest BCUT2D eigenvalue weighted by Gasteiger charge is -2.06. The molecule has 11 heavy (non-hydrogen) atoms. The van der Waals surface area contributed by atoms with E-state index in [0.717, 1.165) is 0 Å². The van der Waals surface area contributed by atoms with Gasteiger partial charge < -0.3 is 16.8 Å². The largest absolute Gasteiger partial charge is 0.368 e. The van der Waals surface area contributed by atoms with Crippen molar-refractivity contribution in [2.24, 2.45) is 11.5 Å². The van der Waals surface area contributed by atoms with Gasteiger partial charge in [0.15, 0.2) is 0 Å². The van der Waals surface area contributed by atoms with Gasteiger partial charge in [-0.2, -0.15) is 12.6 Å².